The molecule has 1 amide bonds. The highest BCUT2D eigenvalue weighted by Crippen LogP contribution is 2.30. The van der Waals surface area contributed by atoms with Gasteiger partial charge in [0.05, 0.1) is 20.2 Å². The second kappa shape index (κ2) is 7.27. The number of non-ortho nitro benzene ring substituents is 1. The Balaban J connectivity index is 1.66. The molecule has 1 N–H and O–H groups in total. The van der Waals surface area contributed by atoms with E-state index >= 15 is 0 Å². The summed E-state index contributed by atoms with van der Waals surface area (Å²) in [5, 5.41) is 13.9. The lowest BCUT2D eigenvalue weighted by molar-refractivity contribution is -0.384. The highest BCUT2D eigenvalue weighted by atomic mass is 35.5. The Morgan fingerprint density at radius 2 is 2.12 bits per heavy atom. The number of aryl methyl sites for hydroxylation is 2. The van der Waals surface area contributed by atoms with Crippen LogP contribution in [0.3, 0.4) is 0 Å². The number of nitro benzene ring substituents is 1. The second-order valence-corrected chi connectivity index (χ2v) is 7.09. The van der Waals surface area contributed by atoms with Gasteiger partial charge in [-0.1, -0.05) is 29.0 Å². The van der Waals surface area contributed by atoms with E-state index in [-0.39, 0.29) is 23.1 Å². The molecule has 0 radical (unpaired) electrons. The van der Waals surface area contributed by atoms with E-state index < -0.39 is 10.8 Å². The van der Waals surface area contributed by atoms with Crippen molar-refractivity contribution < 1.29 is 14.5 Å². The van der Waals surface area contributed by atoms with Gasteiger partial charge >= 0.3 is 0 Å². The number of halogens is 1. The first-order valence-electron chi connectivity index (χ1n) is 7.58. The van der Waals surface area contributed by atoms with Crippen molar-refractivity contribution in [1.82, 2.24) is 4.98 Å². The van der Waals surface area contributed by atoms with Crippen LogP contribution >= 0.6 is 22.9 Å². The maximum absolute atomic E-state index is 12.1. The van der Waals surface area contributed by atoms with Crippen LogP contribution in [0.15, 0.2) is 30.3 Å². The monoisotopic (exact) mass is 391 g/mol. The van der Waals surface area contributed by atoms with Gasteiger partial charge in [-0.25, -0.2) is 4.98 Å². The van der Waals surface area contributed by atoms with Crippen LogP contribution in [0.2, 0.25) is 5.02 Å². The predicted octanol–water partition coefficient (Wildman–Crippen LogP) is 4.49. The van der Waals surface area contributed by atoms with Crippen LogP contribution in [0.25, 0.3) is 10.2 Å². The van der Waals surface area contributed by atoms with Crippen LogP contribution < -0.4 is 10.1 Å². The third-order valence-electron chi connectivity index (χ3n) is 3.56. The number of nitrogens with one attached hydrogen (secondary N) is 1. The number of aromatic nitrogens is 1. The number of thiazole rings is 1. The number of amides is 1. The molecule has 0 aliphatic heterocycles. The lowest BCUT2D eigenvalue weighted by atomic mass is 10.1. The number of hydrogen-bond acceptors (Lipinski definition) is 6. The largest absolute Gasteiger partial charge is 0.482 e. The fourth-order valence-corrected chi connectivity index (χ4v) is 3.73. The first-order chi connectivity index (χ1) is 12.3. The molecule has 3 rings (SSSR count). The Hall–Kier alpha value is -2.71. The van der Waals surface area contributed by atoms with E-state index in [1.165, 1.54) is 29.5 Å². The van der Waals surface area contributed by atoms with Gasteiger partial charge in [-0.2, -0.15) is 0 Å². The summed E-state index contributed by atoms with van der Waals surface area (Å²) in [5.41, 5.74) is 2.89. The molecular formula is C17H14ClN3O4S. The standard InChI is InChI=1S/C17H14ClN3O4S/c1-9-5-10(2)16-14(6-9)26-17(20-16)19-15(22)8-25-13-4-3-11(21(23)24)7-12(13)18/h3-7H,8H2,1-2H3,(H,19,20,22). The third kappa shape index (κ3) is 3.92. The van der Waals surface area contributed by atoms with E-state index in [0.717, 1.165) is 21.3 Å². The van der Waals surface area contributed by atoms with Gasteiger partial charge in [-0.15, -0.1) is 0 Å². The lowest BCUT2D eigenvalue weighted by Crippen LogP contribution is -2.20. The lowest BCUT2D eigenvalue weighted by Gasteiger charge is -2.07. The molecule has 9 heteroatoms. The topological polar surface area (TPSA) is 94.4 Å². The number of ether oxygens (including phenoxy) is 1. The number of hydrogen-bond donors (Lipinski definition) is 1. The Morgan fingerprint density at radius 3 is 2.81 bits per heavy atom. The maximum Gasteiger partial charge on any atom is 0.271 e. The molecule has 0 unspecified atom stereocenters. The summed E-state index contributed by atoms with van der Waals surface area (Å²) in [4.78, 5) is 26.6. The molecule has 0 aliphatic carbocycles. The SMILES string of the molecule is Cc1cc(C)c2nc(NC(=O)COc3ccc([N+](=O)[O-])cc3Cl)sc2c1. The van der Waals surface area contributed by atoms with Crippen molar-refractivity contribution in [2.45, 2.75) is 13.8 Å². The average Bonchev–Trinajstić information content (AvgIpc) is 2.96. The molecule has 7 nitrogen and oxygen atoms in total. The van der Waals surface area contributed by atoms with Gasteiger partial charge in [0.1, 0.15) is 5.75 Å². The molecule has 1 aromatic heterocycles. The molecule has 3 aromatic rings. The van der Waals surface area contributed by atoms with Crippen molar-refractivity contribution in [3.63, 3.8) is 0 Å². The van der Waals surface area contributed by atoms with Gasteiger partial charge in [0, 0.05) is 12.1 Å². The Kier molecular flexibility index (Phi) is 5.06. The minimum absolute atomic E-state index is 0.0677. The Labute approximate surface area is 157 Å². The van der Waals surface area contributed by atoms with Crippen LogP contribution in [-0.4, -0.2) is 22.4 Å². The average molecular weight is 392 g/mol. The summed E-state index contributed by atoms with van der Waals surface area (Å²) in [5.74, 6) is -0.198. The van der Waals surface area contributed by atoms with E-state index in [0.29, 0.717) is 5.13 Å². The summed E-state index contributed by atoms with van der Waals surface area (Å²) in [6, 6.07) is 7.85. The van der Waals surface area contributed by atoms with Gasteiger partial charge in [0.25, 0.3) is 11.6 Å². The highest BCUT2D eigenvalue weighted by Gasteiger charge is 2.13. The summed E-state index contributed by atoms with van der Waals surface area (Å²) < 4.78 is 6.33. The van der Waals surface area contributed by atoms with Crippen molar-refractivity contribution in [3.8, 4) is 5.75 Å². The zero-order valence-corrected chi connectivity index (χ0v) is 15.5. The van der Waals surface area contributed by atoms with Crippen LogP contribution in [0.4, 0.5) is 10.8 Å². The molecule has 0 atom stereocenters. The summed E-state index contributed by atoms with van der Waals surface area (Å²) in [6.07, 6.45) is 0. The maximum atomic E-state index is 12.1. The molecular weight excluding hydrogens is 378 g/mol. The second-order valence-electron chi connectivity index (χ2n) is 5.66. The van der Waals surface area contributed by atoms with Crippen LogP contribution in [-0.2, 0) is 4.79 Å². The van der Waals surface area contributed by atoms with Crippen molar-refractivity contribution in [2.75, 3.05) is 11.9 Å². The van der Waals surface area contributed by atoms with Crippen LogP contribution in [0.5, 0.6) is 5.75 Å². The Bertz CT molecular complexity index is 1020. The quantitative estimate of drug-likeness (QED) is 0.510. The molecule has 26 heavy (non-hydrogen) atoms. The molecule has 0 saturated heterocycles. The van der Waals surface area contributed by atoms with Crippen molar-refractivity contribution >= 4 is 49.9 Å². The fraction of sp³-hybridized carbons (Fsp3) is 0.176. The van der Waals surface area contributed by atoms with Gasteiger partial charge in [-0.05, 0) is 37.1 Å². The molecule has 0 bridgehead atoms. The first kappa shape index (κ1) is 18.1. The number of nitrogens with zero attached hydrogens (tertiary/aromatic N) is 2. The number of fused-ring (bicyclic) bond motifs is 1. The van der Waals surface area contributed by atoms with Crippen LogP contribution in [0.1, 0.15) is 11.1 Å². The van der Waals surface area contributed by atoms with Crippen molar-refractivity contribution in [3.05, 3.63) is 56.6 Å². The van der Waals surface area contributed by atoms with E-state index in [4.69, 9.17) is 16.3 Å². The zero-order chi connectivity index (χ0) is 18.8. The Morgan fingerprint density at radius 1 is 1.35 bits per heavy atom. The van der Waals surface area contributed by atoms with E-state index in [1.54, 1.807) is 0 Å². The zero-order valence-electron chi connectivity index (χ0n) is 13.9. The molecule has 134 valence electrons. The highest BCUT2D eigenvalue weighted by molar-refractivity contribution is 7.22. The number of rotatable bonds is 5. The van der Waals surface area contributed by atoms with E-state index in [9.17, 15) is 14.9 Å². The molecule has 2 aromatic carbocycles. The van der Waals surface area contributed by atoms with Gasteiger partial charge < -0.3 is 4.74 Å². The summed E-state index contributed by atoms with van der Waals surface area (Å²) in [6.45, 7) is 3.69. The molecule has 0 fully saturated rings. The van der Waals surface area contributed by atoms with Crippen molar-refractivity contribution in [1.29, 1.82) is 0 Å². The normalized spacial score (nSPS) is 10.7. The summed E-state index contributed by atoms with van der Waals surface area (Å²) >= 11 is 7.32. The number of carbonyl (C=O) groups is 1. The first-order valence-corrected chi connectivity index (χ1v) is 8.77. The number of nitro groups is 1. The van der Waals surface area contributed by atoms with Gasteiger partial charge in [-0.3, -0.25) is 20.2 Å². The van der Waals surface area contributed by atoms with Gasteiger partial charge in [0.2, 0.25) is 0 Å². The fourth-order valence-electron chi connectivity index (χ4n) is 2.44. The summed E-state index contributed by atoms with van der Waals surface area (Å²) in [7, 11) is 0. The number of anilines is 1. The minimum Gasteiger partial charge on any atom is -0.482 e. The van der Waals surface area contributed by atoms with Crippen molar-refractivity contribution in [2.24, 2.45) is 0 Å². The minimum atomic E-state index is -0.556. The molecule has 0 spiro atoms. The van der Waals surface area contributed by atoms with Crippen LogP contribution in [0, 0.1) is 24.0 Å². The molecule has 0 saturated carbocycles. The molecule has 0 aliphatic rings. The van der Waals surface area contributed by atoms with Gasteiger partial charge in [0.15, 0.2) is 11.7 Å². The predicted molar refractivity (Wildman–Crippen MR) is 101 cm³/mol. The van der Waals surface area contributed by atoms with E-state index in [1.807, 2.05) is 26.0 Å². The smallest absolute Gasteiger partial charge is 0.271 e. The number of carbonyl (C=O) groups excluding carboxylic acids is 1. The van der Waals surface area contributed by atoms with E-state index in [2.05, 4.69) is 10.3 Å². The molecule has 1 heterocycles. The number of benzene rings is 2. The third-order valence-corrected chi connectivity index (χ3v) is 4.77.